The molecule has 0 spiro atoms. The number of aromatic nitrogens is 4. The van der Waals surface area contributed by atoms with Gasteiger partial charge in [-0.1, -0.05) is 0 Å². The number of imidazole rings is 1. The van der Waals surface area contributed by atoms with Gasteiger partial charge in [0.2, 0.25) is 0 Å². The SMILES string of the molecule is Nc1ncnc2c1ncn2[C@@H]1O[C@H](CNCCO)[C@@H](O)[C@H]1O. The van der Waals surface area contributed by atoms with Crippen LogP contribution < -0.4 is 11.1 Å². The fourth-order valence-corrected chi connectivity index (χ4v) is 2.51. The molecule has 0 aromatic carbocycles. The van der Waals surface area contributed by atoms with Crippen LogP contribution in [0.1, 0.15) is 6.23 Å². The molecule has 10 heteroatoms. The highest BCUT2D eigenvalue weighted by Gasteiger charge is 2.44. The van der Waals surface area contributed by atoms with Crippen molar-refractivity contribution in [2.75, 3.05) is 25.4 Å². The maximum atomic E-state index is 10.2. The molecule has 1 aliphatic heterocycles. The van der Waals surface area contributed by atoms with Gasteiger partial charge in [-0.25, -0.2) is 15.0 Å². The van der Waals surface area contributed by atoms with E-state index in [1.807, 2.05) is 0 Å². The fraction of sp³-hybridized carbons (Fsp3) is 0.583. The van der Waals surface area contributed by atoms with Crippen LogP contribution in [-0.2, 0) is 4.74 Å². The molecule has 0 bridgehead atoms. The molecule has 0 saturated carbocycles. The molecule has 2 aromatic heterocycles. The summed E-state index contributed by atoms with van der Waals surface area (Å²) in [5, 5.41) is 32.0. The van der Waals surface area contributed by atoms with E-state index in [0.29, 0.717) is 24.3 Å². The Morgan fingerprint density at radius 2 is 2.09 bits per heavy atom. The third-order valence-electron chi connectivity index (χ3n) is 3.63. The molecular weight excluding hydrogens is 292 g/mol. The predicted molar refractivity (Wildman–Crippen MR) is 75.6 cm³/mol. The number of nitrogens with two attached hydrogens (primary N) is 1. The first-order valence-electron chi connectivity index (χ1n) is 6.89. The Bertz CT molecular complexity index is 650. The summed E-state index contributed by atoms with van der Waals surface area (Å²) in [5.74, 6) is 0.234. The molecular formula is C12H18N6O4. The van der Waals surface area contributed by atoms with Gasteiger partial charge < -0.3 is 31.1 Å². The number of hydrogen-bond donors (Lipinski definition) is 5. The van der Waals surface area contributed by atoms with E-state index in [2.05, 4.69) is 20.3 Å². The lowest BCUT2D eigenvalue weighted by atomic mass is 10.1. The van der Waals surface area contributed by atoms with Crippen molar-refractivity contribution < 1.29 is 20.1 Å². The van der Waals surface area contributed by atoms with Gasteiger partial charge >= 0.3 is 0 Å². The first-order valence-corrected chi connectivity index (χ1v) is 6.89. The summed E-state index contributed by atoms with van der Waals surface area (Å²) in [6, 6.07) is 0. The van der Waals surface area contributed by atoms with E-state index < -0.39 is 24.5 Å². The summed E-state index contributed by atoms with van der Waals surface area (Å²) in [6.45, 7) is 0.668. The first-order chi connectivity index (χ1) is 10.6. The van der Waals surface area contributed by atoms with Crippen molar-refractivity contribution in [2.24, 2.45) is 0 Å². The predicted octanol–water partition coefficient (Wildman–Crippen LogP) is -2.39. The Labute approximate surface area is 125 Å². The summed E-state index contributed by atoms with van der Waals surface area (Å²) in [5.41, 5.74) is 6.56. The Hall–Kier alpha value is -1.85. The Morgan fingerprint density at radius 3 is 2.86 bits per heavy atom. The monoisotopic (exact) mass is 310 g/mol. The number of hydrogen-bond acceptors (Lipinski definition) is 9. The van der Waals surface area contributed by atoms with Crippen molar-refractivity contribution in [2.45, 2.75) is 24.5 Å². The van der Waals surface area contributed by atoms with E-state index in [4.69, 9.17) is 15.6 Å². The normalized spacial score (nSPS) is 28.5. The van der Waals surface area contributed by atoms with Crippen LogP contribution in [0.15, 0.2) is 12.7 Å². The van der Waals surface area contributed by atoms with Gasteiger partial charge in [0.15, 0.2) is 17.7 Å². The quantitative estimate of drug-likeness (QED) is 0.381. The summed E-state index contributed by atoms with van der Waals surface area (Å²) in [7, 11) is 0. The maximum absolute atomic E-state index is 10.2. The standard InChI is InChI=1S/C12H18N6O4/c13-10-7-11(16-4-15-10)18(5-17-7)12-9(21)8(20)6(22-12)3-14-1-2-19/h4-6,8-9,12,14,19-21H,1-3H2,(H2,13,15,16)/t6-,8-,9-,12-/m1/s1. The smallest absolute Gasteiger partial charge is 0.167 e. The van der Waals surface area contributed by atoms with Gasteiger partial charge in [0, 0.05) is 13.1 Å². The van der Waals surface area contributed by atoms with E-state index in [-0.39, 0.29) is 12.4 Å². The second kappa shape index (κ2) is 6.10. The largest absolute Gasteiger partial charge is 0.395 e. The molecule has 3 rings (SSSR count). The molecule has 0 radical (unpaired) electrons. The molecule has 6 N–H and O–H groups in total. The number of aliphatic hydroxyl groups is 3. The molecule has 22 heavy (non-hydrogen) atoms. The number of anilines is 1. The van der Waals surface area contributed by atoms with Gasteiger partial charge in [0.1, 0.15) is 30.2 Å². The zero-order chi connectivity index (χ0) is 15.7. The van der Waals surface area contributed by atoms with Gasteiger partial charge in [0.05, 0.1) is 12.9 Å². The lowest BCUT2D eigenvalue weighted by molar-refractivity contribution is -0.0342. The molecule has 1 aliphatic rings. The van der Waals surface area contributed by atoms with Gasteiger partial charge in [-0.15, -0.1) is 0 Å². The van der Waals surface area contributed by atoms with Crippen molar-refractivity contribution in [1.82, 2.24) is 24.8 Å². The van der Waals surface area contributed by atoms with E-state index in [0.717, 1.165) is 0 Å². The summed E-state index contributed by atoms with van der Waals surface area (Å²) >= 11 is 0. The third-order valence-corrected chi connectivity index (χ3v) is 3.63. The van der Waals surface area contributed by atoms with Crippen molar-refractivity contribution in [1.29, 1.82) is 0 Å². The van der Waals surface area contributed by atoms with E-state index in [9.17, 15) is 10.2 Å². The van der Waals surface area contributed by atoms with Crippen molar-refractivity contribution in [3.63, 3.8) is 0 Å². The van der Waals surface area contributed by atoms with Crippen LogP contribution in [0.4, 0.5) is 5.82 Å². The van der Waals surface area contributed by atoms with Crippen LogP contribution >= 0.6 is 0 Å². The number of ether oxygens (including phenoxy) is 1. The molecule has 120 valence electrons. The number of aliphatic hydroxyl groups excluding tert-OH is 3. The lowest BCUT2D eigenvalue weighted by Gasteiger charge is -2.16. The van der Waals surface area contributed by atoms with E-state index in [1.165, 1.54) is 17.2 Å². The van der Waals surface area contributed by atoms with Crippen LogP contribution in [0, 0.1) is 0 Å². The Kier molecular flexibility index (Phi) is 4.18. The third kappa shape index (κ3) is 2.51. The van der Waals surface area contributed by atoms with E-state index in [1.54, 1.807) is 0 Å². The molecule has 0 aliphatic carbocycles. The van der Waals surface area contributed by atoms with Crippen LogP contribution in [0.25, 0.3) is 11.2 Å². The zero-order valence-corrected chi connectivity index (χ0v) is 11.7. The topological polar surface area (TPSA) is 152 Å². The Morgan fingerprint density at radius 1 is 1.27 bits per heavy atom. The molecule has 2 aromatic rings. The first kappa shape index (κ1) is 15.1. The van der Waals surface area contributed by atoms with Crippen LogP contribution in [-0.4, -0.2) is 72.8 Å². The summed E-state index contributed by atoms with van der Waals surface area (Å²) in [4.78, 5) is 12.1. The van der Waals surface area contributed by atoms with Gasteiger partial charge in [-0.05, 0) is 0 Å². The number of nitrogen functional groups attached to an aromatic ring is 1. The average Bonchev–Trinajstić information content (AvgIpc) is 3.05. The minimum absolute atomic E-state index is 0.0167. The van der Waals surface area contributed by atoms with E-state index >= 15 is 0 Å². The van der Waals surface area contributed by atoms with Crippen LogP contribution in [0.5, 0.6) is 0 Å². The molecule has 3 heterocycles. The highest BCUT2D eigenvalue weighted by atomic mass is 16.6. The summed E-state index contributed by atoms with van der Waals surface area (Å²) < 4.78 is 7.22. The van der Waals surface area contributed by atoms with Gasteiger partial charge in [-0.3, -0.25) is 4.57 Å². The molecule has 10 nitrogen and oxygen atoms in total. The number of rotatable bonds is 5. The van der Waals surface area contributed by atoms with Crippen molar-refractivity contribution >= 4 is 17.0 Å². The zero-order valence-electron chi connectivity index (χ0n) is 11.7. The summed E-state index contributed by atoms with van der Waals surface area (Å²) in [6.07, 6.45) is -0.881. The molecule has 0 unspecified atom stereocenters. The highest BCUT2D eigenvalue weighted by molar-refractivity contribution is 5.81. The van der Waals surface area contributed by atoms with Crippen LogP contribution in [0.2, 0.25) is 0 Å². The second-order valence-electron chi connectivity index (χ2n) is 5.06. The number of fused-ring (bicyclic) bond motifs is 1. The molecule has 0 amide bonds. The van der Waals surface area contributed by atoms with Crippen molar-refractivity contribution in [3.8, 4) is 0 Å². The van der Waals surface area contributed by atoms with Crippen LogP contribution in [0.3, 0.4) is 0 Å². The fourth-order valence-electron chi connectivity index (χ4n) is 2.51. The minimum Gasteiger partial charge on any atom is -0.395 e. The maximum Gasteiger partial charge on any atom is 0.167 e. The number of nitrogens with zero attached hydrogens (tertiary/aromatic N) is 4. The minimum atomic E-state index is -1.13. The molecule has 1 fully saturated rings. The lowest BCUT2D eigenvalue weighted by Crippen LogP contribution is -2.38. The average molecular weight is 310 g/mol. The molecule has 1 saturated heterocycles. The highest BCUT2D eigenvalue weighted by Crippen LogP contribution is 2.31. The van der Waals surface area contributed by atoms with Gasteiger partial charge in [-0.2, -0.15) is 0 Å². The molecule has 4 atom stereocenters. The Balaban J connectivity index is 1.83. The number of nitrogens with one attached hydrogen (secondary N) is 1. The second-order valence-corrected chi connectivity index (χ2v) is 5.06. The van der Waals surface area contributed by atoms with Gasteiger partial charge in [0.25, 0.3) is 0 Å². The van der Waals surface area contributed by atoms with Crippen molar-refractivity contribution in [3.05, 3.63) is 12.7 Å².